The Morgan fingerprint density at radius 2 is 1.82 bits per heavy atom. The van der Waals surface area contributed by atoms with E-state index < -0.39 is 5.60 Å². The van der Waals surface area contributed by atoms with Gasteiger partial charge in [0.2, 0.25) is 0 Å². The second-order valence-corrected chi connectivity index (χ2v) is 6.05. The molecule has 0 aromatic heterocycles. The molecule has 1 atom stereocenters. The van der Waals surface area contributed by atoms with Gasteiger partial charge in [-0.05, 0) is 36.3 Å². The minimum Gasteiger partial charge on any atom is -0.385 e. The molecule has 1 saturated carbocycles. The molecule has 0 amide bonds. The topological polar surface area (TPSA) is 20.2 Å². The summed E-state index contributed by atoms with van der Waals surface area (Å²) in [6.07, 6.45) is 4.83. The third kappa shape index (κ3) is 2.90. The maximum atomic E-state index is 10.6. The molecule has 2 rings (SSSR count). The van der Waals surface area contributed by atoms with Crippen LogP contribution in [0.5, 0.6) is 0 Å². The number of aliphatic hydroxyl groups is 1. The first kappa shape index (κ1) is 12.6. The second-order valence-electron chi connectivity index (χ2n) is 6.05. The largest absolute Gasteiger partial charge is 0.385 e. The molecule has 0 spiro atoms. The molecule has 1 unspecified atom stereocenters. The van der Waals surface area contributed by atoms with Gasteiger partial charge in [0.1, 0.15) is 0 Å². The van der Waals surface area contributed by atoms with Crippen LogP contribution in [0.4, 0.5) is 0 Å². The van der Waals surface area contributed by atoms with Crippen molar-refractivity contribution in [1.29, 1.82) is 0 Å². The van der Waals surface area contributed by atoms with Crippen molar-refractivity contribution in [2.24, 2.45) is 5.92 Å². The van der Waals surface area contributed by atoms with Crippen LogP contribution < -0.4 is 0 Å². The van der Waals surface area contributed by atoms with Gasteiger partial charge in [-0.1, -0.05) is 57.4 Å². The number of hydrogen-bond donors (Lipinski definition) is 1. The molecule has 94 valence electrons. The average Bonchev–Trinajstić information content (AvgIpc) is 2.24. The van der Waals surface area contributed by atoms with Crippen LogP contribution in [0.25, 0.3) is 0 Å². The Balaban J connectivity index is 2.08. The zero-order valence-electron chi connectivity index (χ0n) is 11.2. The van der Waals surface area contributed by atoms with Crippen molar-refractivity contribution in [3.05, 3.63) is 35.4 Å². The molecule has 1 heteroatoms. The van der Waals surface area contributed by atoms with Gasteiger partial charge in [-0.3, -0.25) is 0 Å². The third-order valence-electron chi connectivity index (χ3n) is 4.11. The SMILES string of the molecule is CC(C)c1ccc(C(C)(O)CC2CCC2)cc1. The van der Waals surface area contributed by atoms with Crippen molar-refractivity contribution < 1.29 is 5.11 Å². The van der Waals surface area contributed by atoms with Crippen molar-refractivity contribution in [2.75, 3.05) is 0 Å². The van der Waals surface area contributed by atoms with E-state index in [2.05, 4.69) is 38.1 Å². The van der Waals surface area contributed by atoms with E-state index in [9.17, 15) is 5.11 Å². The van der Waals surface area contributed by atoms with Crippen LogP contribution in [0.2, 0.25) is 0 Å². The number of hydrogen-bond acceptors (Lipinski definition) is 1. The van der Waals surface area contributed by atoms with E-state index in [-0.39, 0.29) is 0 Å². The van der Waals surface area contributed by atoms with E-state index in [1.807, 2.05) is 6.92 Å². The van der Waals surface area contributed by atoms with Crippen molar-refractivity contribution in [2.45, 2.75) is 58.0 Å². The van der Waals surface area contributed by atoms with Gasteiger partial charge < -0.3 is 5.11 Å². The molecule has 1 aliphatic rings. The van der Waals surface area contributed by atoms with E-state index in [0.717, 1.165) is 17.9 Å². The van der Waals surface area contributed by atoms with E-state index in [1.54, 1.807) is 0 Å². The van der Waals surface area contributed by atoms with Crippen molar-refractivity contribution >= 4 is 0 Å². The molecule has 0 heterocycles. The summed E-state index contributed by atoms with van der Waals surface area (Å²) < 4.78 is 0. The lowest BCUT2D eigenvalue weighted by Gasteiger charge is -2.33. The van der Waals surface area contributed by atoms with Gasteiger partial charge in [-0.15, -0.1) is 0 Å². The smallest absolute Gasteiger partial charge is 0.0871 e. The Kier molecular flexibility index (Phi) is 3.58. The first-order valence-corrected chi connectivity index (χ1v) is 6.82. The summed E-state index contributed by atoms with van der Waals surface area (Å²) in [5.41, 5.74) is 1.75. The van der Waals surface area contributed by atoms with E-state index in [4.69, 9.17) is 0 Å². The summed E-state index contributed by atoms with van der Waals surface area (Å²) >= 11 is 0. The maximum Gasteiger partial charge on any atom is 0.0871 e. The normalized spacial score (nSPS) is 20.1. The Hall–Kier alpha value is -0.820. The molecule has 1 nitrogen and oxygen atoms in total. The lowest BCUT2D eigenvalue weighted by atomic mass is 9.75. The molecule has 17 heavy (non-hydrogen) atoms. The maximum absolute atomic E-state index is 10.6. The molecule has 0 aliphatic heterocycles. The summed E-state index contributed by atoms with van der Waals surface area (Å²) in [4.78, 5) is 0. The molecule has 1 aliphatic carbocycles. The predicted molar refractivity (Wildman–Crippen MR) is 72.1 cm³/mol. The zero-order chi connectivity index (χ0) is 12.5. The first-order chi connectivity index (χ1) is 7.99. The summed E-state index contributed by atoms with van der Waals surface area (Å²) in [5, 5.41) is 10.6. The quantitative estimate of drug-likeness (QED) is 0.824. The minimum atomic E-state index is -0.652. The molecule has 1 aromatic carbocycles. The van der Waals surface area contributed by atoms with Crippen molar-refractivity contribution in [1.82, 2.24) is 0 Å². The lowest BCUT2D eigenvalue weighted by molar-refractivity contribution is 0.0161. The average molecular weight is 232 g/mol. The molecule has 1 fully saturated rings. The highest BCUT2D eigenvalue weighted by Gasteiger charge is 2.30. The van der Waals surface area contributed by atoms with Crippen LogP contribution in [0.15, 0.2) is 24.3 Å². The van der Waals surface area contributed by atoms with E-state index >= 15 is 0 Å². The van der Waals surface area contributed by atoms with Crippen LogP contribution in [0.1, 0.15) is 63.5 Å². The highest BCUT2D eigenvalue weighted by Crippen LogP contribution is 2.38. The van der Waals surface area contributed by atoms with Gasteiger partial charge in [0.25, 0.3) is 0 Å². The molecular formula is C16H24O. The lowest BCUT2D eigenvalue weighted by Crippen LogP contribution is -2.27. The summed E-state index contributed by atoms with van der Waals surface area (Å²) in [5.74, 6) is 1.29. The fraction of sp³-hybridized carbons (Fsp3) is 0.625. The van der Waals surface area contributed by atoms with Crippen LogP contribution in [0, 0.1) is 5.92 Å². The Morgan fingerprint density at radius 1 is 1.24 bits per heavy atom. The Labute approximate surface area is 105 Å². The van der Waals surface area contributed by atoms with Gasteiger partial charge in [-0.25, -0.2) is 0 Å². The standard InChI is InChI=1S/C16H24O/c1-12(2)14-7-9-15(10-8-14)16(3,17)11-13-5-4-6-13/h7-10,12-13,17H,4-6,11H2,1-3H3. The fourth-order valence-corrected chi connectivity index (χ4v) is 2.60. The van der Waals surface area contributed by atoms with Gasteiger partial charge in [0, 0.05) is 0 Å². The highest BCUT2D eigenvalue weighted by atomic mass is 16.3. The van der Waals surface area contributed by atoms with Crippen molar-refractivity contribution in [3.8, 4) is 0 Å². The highest BCUT2D eigenvalue weighted by molar-refractivity contribution is 5.28. The molecule has 0 saturated heterocycles. The predicted octanol–water partition coefficient (Wildman–Crippen LogP) is 4.21. The monoisotopic (exact) mass is 232 g/mol. The second kappa shape index (κ2) is 4.81. The number of rotatable bonds is 4. The van der Waals surface area contributed by atoms with E-state index in [1.165, 1.54) is 24.8 Å². The summed E-state index contributed by atoms with van der Waals surface area (Å²) in [6, 6.07) is 8.48. The molecule has 0 radical (unpaired) electrons. The summed E-state index contributed by atoms with van der Waals surface area (Å²) in [7, 11) is 0. The Bertz CT molecular complexity index is 358. The minimum absolute atomic E-state index is 0.556. The Morgan fingerprint density at radius 3 is 2.24 bits per heavy atom. The van der Waals surface area contributed by atoms with Crippen LogP contribution in [-0.4, -0.2) is 5.11 Å². The van der Waals surface area contributed by atoms with Crippen LogP contribution in [-0.2, 0) is 5.60 Å². The zero-order valence-corrected chi connectivity index (χ0v) is 11.2. The molecule has 1 aromatic rings. The van der Waals surface area contributed by atoms with Crippen LogP contribution >= 0.6 is 0 Å². The molecular weight excluding hydrogens is 208 g/mol. The van der Waals surface area contributed by atoms with Gasteiger partial charge >= 0.3 is 0 Å². The number of benzene rings is 1. The van der Waals surface area contributed by atoms with Crippen molar-refractivity contribution in [3.63, 3.8) is 0 Å². The molecule has 1 N–H and O–H groups in total. The van der Waals surface area contributed by atoms with Gasteiger partial charge in [0.05, 0.1) is 5.60 Å². The summed E-state index contributed by atoms with van der Waals surface area (Å²) in [6.45, 7) is 6.35. The fourth-order valence-electron chi connectivity index (χ4n) is 2.60. The molecule has 0 bridgehead atoms. The van der Waals surface area contributed by atoms with E-state index in [0.29, 0.717) is 5.92 Å². The third-order valence-corrected chi connectivity index (χ3v) is 4.11. The van der Waals surface area contributed by atoms with Gasteiger partial charge in [0.15, 0.2) is 0 Å². The van der Waals surface area contributed by atoms with Crippen LogP contribution in [0.3, 0.4) is 0 Å². The van der Waals surface area contributed by atoms with Gasteiger partial charge in [-0.2, -0.15) is 0 Å². The first-order valence-electron chi connectivity index (χ1n) is 6.82.